The van der Waals surface area contributed by atoms with Gasteiger partial charge < -0.3 is 0 Å². The van der Waals surface area contributed by atoms with E-state index in [2.05, 4.69) is 27.7 Å². The molecule has 0 unspecified atom stereocenters. The van der Waals surface area contributed by atoms with E-state index < -0.39 is 0 Å². The van der Waals surface area contributed by atoms with Crippen LogP contribution in [-0.2, 0) is 4.79 Å². The lowest BCUT2D eigenvalue weighted by molar-refractivity contribution is -0.116. The Kier molecular flexibility index (Phi) is 12.1. The van der Waals surface area contributed by atoms with Crippen LogP contribution in [0.25, 0.3) is 0 Å². The fourth-order valence-electron chi connectivity index (χ4n) is 1.89. The SMILES string of the molecule is CC(C)CCCCCCCC(=O)CSCC(C)C. The van der Waals surface area contributed by atoms with Crippen LogP contribution in [0.5, 0.6) is 0 Å². The van der Waals surface area contributed by atoms with Gasteiger partial charge in [0.1, 0.15) is 5.78 Å². The fourth-order valence-corrected chi connectivity index (χ4v) is 2.85. The lowest BCUT2D eigenvalue weighted by Gasteiger charge is -2.05. The maximum atomic E-state index is 11.6. The third kappa shape index (κ3) is 14.1. The normalized spacial score (nSPS) is 11.4. The quantitative estimate of drug-likeness (QED) is 0.447. The number of thioether (sulfide) groups is 1. The summed E-state index contributed by atoms with van der Waals surface area (Å²) in [5.41, 5.74) is 0. The summed E-state index contributed by atoms with van der Waals surface area (Å²) in [5, 5.41) is 0. The van der Waals surface area contributed by atoms with Crippen molar-refractivity contribution in [2.45, 2.75) is 72.6 Å². The predicted molar refractivity (Wildman–Crippen MR) is 84.3 cm³/mol. The molecular weight excluding hydrogens is 240 g/mol. The van der Waals surface area contributed by atoms with Gasteiger partial charge in [-0.05, 0) is 24.0 Å². The van der Waals surface area contributed by atoms with Crippen molar-refractivity contribution >= 4 is 17.5 Å². The molecule has 0 aliphatic heterocycles. The Bertz CT molecular complexity index is 199. The molecule has 0 heterocycles. The maximum absolute atomic E-state index is 11.6. The molecule has 0 saturated heterocycles. The van der Waals surface area contributed by atoms with Crippen molar-refractivity contribution in [2.24, 2.45) is 11.8 Å². The molecule has 0 aromatic rings. The number of hydrogen-bond donors (Lipinski definition) is 0. The van der Waals surface area contributed by atoms with E-state index in [4.69, 9.17) is 0 Å². The van der Waals surface area contributed by atoms with Crippen molar-refractivity contribution in [3.8, 4) is 0 Å². The summed E-state index contributed by atoms with van der Waals surface area (Å²) in [6, 6.07) is 0. The Labute approximate surface area is 118 Å². The van der Waals surface area contributed by atoms with Crippen LogP contribution in [0.15, 0.2) is 0 Å². The first-order valence-electron chi connectivity index (χ1n) is 7.61. The van der Waals surface area contributed by atoms with Crippen LogP contribution in [0.3, 0.4) is 0 Å². The van der Waals surface area contributed by atoms with Gasteiger partial charge in [0.2, 0.25) is 0 Å². The fraction of sp³-hybridized carbons (Fsp3) is 0.938. The molecule has 0 radical (unpaired) electrons. The molecule has 0 amide bonds. The van der Waals surface area contributed by atoms with Gasteiger partial charge in [0.05, 0.1) is 5.75 Å². The van der Waals surface area contributed by atoms with E-state index in [0.717, 1.165) is 30.3 Å². The van der Waals surface area contributed by atoms with Crippen LogP contribution in [-0.4, -0.2) is 17.3 Å². The summed E-state index contributed by atoms with van der Waals surface area (Å²) < 4.78 is 0. The van der Waals surface area contributed by atoms with Gasteiger partial charge in [-0.2, -0.15) is 11.8 Å². The third-order valence-electron chi connectivity index (χ3n) is 2.95. The molecule has 108 valence electrons. The van der Waals surface area contributed by atoms with Crippen LogP contribution in [0.4, 0.5) is 0 Å². The first-order valence-corrected chi connectivity index (χ1v) is 8.77. The van der Waals surface area contributed by atoms with Crippen LogP contribution in [0.2, 0.25) is 0 Å². The summed E-state index contributed by atoms with van der Waals surface area (Å²) in [6.07, 6.45) is 8.49. The third-order valence-corrected chi connectivity index (χ3v) is 4.38. The van der Waals surface area contributed by atoms with Crippen LogP contribution in [0.1, 0.15) is 72.6 Å². The van der Waals surface area contributed by atoms with Crippen LogP contribution >= 0.6 is 11.8 Å². The Morgan fingerprint density at radius 3 is 2.11 bits per heavy atom. The Balaban J connectivity index is 3.20. The first kappa shape index (κ1) is 18.0. The molecule has 0 aromatic carbocycles. The molecule has 0 fully saturated rings. The van der Waals surface area contributed by atoms with Gasteiger partial charge in [-0.25, -0.2) is 0 Å². The monoisotopic (exact) mass is 272 g/mol. The molecule has 2 heteroatoms. The van der Waals surface area contributed by atoms with Crippen molar-refractivity contribution in [3.63, 3.8) is 0 Å². The van der Waals surface area contributed by atoms with E-state index in [-0.39, 0.29) is 0 Å². The summed E-state index contributed by atoms with van der Waals surface area (Å²) in [4.78, 5) is 11.6. The topological polar surface area (TPSA) is 17.1 Å². The largest absolute Gasteiger partial charge is 0.299 e. The van der Waals surface area contributed by atoms with Gasteiger partial charge in [-0.15, -0.1) is 0 Å². The second kappa shape index (κ2) is 12.1. The summed E-state index contributed by atoms with van der Waals surface area (Å²) in [6.45, 7) is 8.98. The zero-order valence-corrected chi connectivity index (χ0v) is 13.7. The van der Waals surface area contributed by atoms with E-state index in [1.165, 1.54) is 32.1 Å². The highest BCUT2D eigenvalue weighted by Gasteiger charge is 2.03. The van der Waals surface area contributed by atoms with Gasteiger partial charge >= 0.3 is 0 Å². The lowest BCUT2D eigenvalue weighted by Crippen LogP contribution is -2.03. The highest BCUT2D eigenvalue weighted by molar-refractivity contribution is 7.99. The van der Waals surface area contributed by atoms with E-state index in [1.807, 2.05) is 0 Å². The average Bonchev–Trinajstić information content (AvgIpc) is 2.26. The van der Waals surface area contributed by atoms with E-state index >= 15 is 0 Å². The molecule has 1 nitrogen and oxygen atoms in total. The molecule has 0 bridgehead atoms. The number of unbranched alkanes of at least 4 members (excludes halogenated alkanes) is 4. The predicted octanol–water partition coefficient (Wildman–Crippen LogP) is 5.33. The minimum absolute atomic E-state index is 0.447. The number of ketones is 1. The number of rotatable bonds is 12. The molecule has 0 N–H and O–H groups in total. The molecule has 0 rings (SSSR count). The molecule has 0 spiro atoms. The average molecular weight is 272 g/mol. The summed E-state index contributed by atoms with van der Waals surface area (Å²) in [7, 11) is 0. The standard InChI is InChI=1S/C16H32OS/c1-14(2)10-8-6-5-7-9-11-16(17)13-18-12-15(3)4/h14-15H,5-13H2,1-4H3. The number of carbonyl (C=O) groups is 1. The van der Waals surface area contributed by atoms with Gasteiger partial charge in [-0.3, -0.25) is 4.79 Å². The van der Waals surface area contributed by atoms with E-state index in [0.29, 0.717) is 11.7 Å². The van der Waals surface area contributed by atoms with Gasteiger partial charge in [0.15, 0.2) is 0 Å². The second-order valence-corrected chi connectivity index (χ2v) is 7.18. The van der Waals surface area contributed by atoms with Gasteiger partial charge in [0, 0.05) is 6.42 Å². The Morgan fingerprint density at radius 1 is 0.889 bits per heavy atom. The van der Waals surface area contributed by atoms with Crippen molar-refractivity contribution in [1.29, 1.82) is 0 Å². The van der Waals surface area contributed by atoms with Gasteiger partial charge in [0.25, 0.3) is 0 Å². The number of carbonyl (C=O) groups excluding carboxylic acids is 1. The minimum atomic E-state index is 0.447. The molecule has 0 atom stereocenters. The molecule has 0 aliphatic rings. The summed E-state index contributed by atoms with van der Waals surface area (Å²) >= 11 is 1.80. The molecular formula is C16H32OS. The van der Waals surface area contributed by atoms with Crippen molar-refractivity contribution < 1.29 is 4.79 Å². The zero-order valence-electron chi connectivity index (χ0n) is 12.8. The van der Waals surface area contributed by atoms with Crippen molar-refractivity contribution in [3.05, 3.63) is 0 Å². The zero-order chi connectivity index (χ0) is 13.8. The van der Waals surface area contributed by atoms with E-state index in [9.17, 15) is 4.79 Å². The Morgan fingerprint density at radius 2 is 1.50 bits per heavy atom. The van der Waals surface area contributed by atoms with Crippen LogP contribution in [0, 0.1) is 11.8 Å². The second-order valence-electron chi connectivity index (χ2n) is 6.15. The highest BCUT2D eigenvalue weighted by atomic mass is 32.2. The van der Waals surface area contributed by atoms with Crippen LogP contribution < -0.4 is 0 Å². The van der Waals surface area contributed by atoms with Crippen molar-refractivity contribution in [1.82, 2.24) is 0 Å². The van der Waals surface area contributed by atoms with Gasteiger partial charge in [-0.1, -0.05) is 59.8 Å². The van der Waals surface area contributed by atoms with Crippen molar-refractivity contribution in [2.75, 3.05) is 11.5 Å². The van der Waals surface area contributed by atoms with E-state index in [1.54, 1.807) is 11.8 Å². The molecule has 0 aliphatic carbocycles. The molecule has 0 aromatic heterocycles. The first-order chi connectivity index (χ1) is 8.52. The smallest absolute Gasteiger partial charge is 0.142 e. The minimum Gasteiger partial charge on any atom is -0.299 e. The number of hydrogen-bond acceptors (Lipinski definition) is 2. The molecule has 18 heavy (non-hydrogen) atoms. The summed E-state index contributed by atoms with van der Waals surface area (Å²) in [5.74, 6) is 3.82. The Hall–Kier alpha value is 0.0200. The number of Topliss-reactive ketones (excluding diaryl/α,β-unsaturated/α-hetero) is 1. The lowest BCUT2D eigenvalue weighted by atomic mass is 10.0. The highest BCUT2D eigenvalue weighted by Crippen LogP contribution is 2.13. The maximum Gasteiger partial charge on any atom is 0.142 e. The molecule has 0 saturated carbocycles.